The fraction of sp³-hybridized carbons (Fsp3) is 0.560. The maximum atomic E-state index is 13.6. The summed E-state index contributed by atoms with van der Waals surface area (Å²) in [5, 5.41) is 2.86. The minimum Gasteiger partial charge on any atom is -0.371 e. The van der Waals surface area contributed by atoms with Crippen molar-refractivity contribution in [3.8, 4) is 0 Å². The van der Waals surface area contributed by atoms with Gasteiger partial charge in [-0.2, -0.15) is 4.98 Å². The van der Waals surface area contributed by atoms with Crippen molar-refractivity contribution in [1.29, 1.82) is 0 Å². The molecule has 2 saturated heterocycles. The molecule has 12 heteroatoms. The largest absolute Gasteiger partial charge is 0.371 e. The predicted octanol–water partition coefficient (Wildman–Crippen LogP) is 4.02. The summed E-state index contributed by atoms with van der Waals surface area (Å²) in [6.07, 6.45) is 4.49. The van der Waals surface area contributed by atoms with E-state index in [2.05, 4.69) is 24.9 Å². The predicted molar refractivity (Wildman–Crippen MR) is 139 cm³/mol. The van der Waals surface area contributed by atoms with E-state index in [1.54, 1.807) is 25.1 Å². The molecule has 5 rings (SSSR count). The number of aryl methyl sites for hydroxylation is 1. The monoisotopic (exact) mass is 534 g/mol. The van der Waals surface area contributed by atoms with Gasteiger partial charge in [-0.05, 0) is 69.1 Å². The minimum atomic E-state index is -4.11. The van der Waals surface area contributed by atoms with E-state index in [1.807, 2.05) is 4.90 Å². The lowest BCUT2D eigenvalue weighted by atomic mass is 9.93. The number of benzene rings is 1. The second kappa shape index (κ2) is 10.0. The van der Waals surface area contributed by atoms with Crippen LogP contribution < -0.4 is 19.8 Å². The number of hydrogen-bond donors (Lipinski definition) is 2. The number of sulfonamides is 1. The summed E-state index contributed by atoms with van der Waals surface area (Å²) in [6, 6.07) is 4.73. The molecule has 1 aromatic heterocycles. The summed E-state index contributed by atoms with van der Waals surface area (Å²) in [7, 11) is -4.11. The molecular formula is C25H32F2N6O3S. The van der Waals surface area contributed by atoms with E-state index < -0.39 is 28.1 Å². The van der Waals surface area contributed by atoms with Gasteiger partial charge in [0.05, 0.1) is 16.9 Å². The van der Waals surface area contributed by atoms with Crippen molar-refractivity contribution in [3.05, 3.63) is 35.5 Å². The van der Waals surface area contributed by atoms with Crippen LogP contribution in [0.25, 0.3) is 0 Å². The number of nitrogens with zero attached hydrogens (tertiary/aromatic N) is 4. The quantitative estimate of drug-likeness (QED) is 0.552. The highest BCUT2D eigenvalue weighted by molar-refractivity contribution is 7.92. The number of carbonyl (C=O) groups excluding carboxylic acids is 1. The lowest BCUT2D eigenvalue weighted by Gasteiger charge is -2.35. The van der Waals surface area contributed by atoms with Crippen LogP contribution in [0.2, 0.25) is 0 Å². The minimum absolute atomic E-state index is 0.201. The van der Waals surface area contributed by atoms with Gasteiger partial charge in [0.2, 0.25) is 12.0 Å². The first-order valence-corrected chi connectivity index (χ1v) is 14.3. The van der Waals surface area contributed by atoms with Crippen molar-refractivity contribution in [3.63, 3.8) is 0 Å². The third-order valence-corrected chi connectivity index (χ3v) is 8.41. The van der Waals surface area contributed by atoms with Gasteiger partial charge in [-0.1, -0.05) is 0 Å². The third-order valence-electron chi connectivity index (χ3n) is 7.57. The Balaban J connectivity index is 1.40. The summed E-state index contributed by atoms with van der Waals surface area (Å²) in [5.41, 5.74) is 2.24. The number of nitrogens with one attached hydrogen (secondary N) is 2. The molecule has 1 aliphatic carbocycles. The Morgan fingerprint density at radius 1 is 1.05 bits per heavy atom. The van der Waals surface area contributed by atoms with Gasteiger partial charge in [-0.25, -0.2) is 22.2 Å². The lowest BCUT2D eigenvalue weighted by Crippen LogP contribution is -2.36. The molecule has 1 aromatic carbocycles. The van der Waals surface area contributed by atoms with Crippen LogP contribution in [0.3, 0.4) is 0 Å². The molecule has 0 unspecified atom stereocenters. The number of piperidine rings is 2. The van der Waals surface area contributed by atoms with E-state index in [1.165, 1.54) is 18.9 Å². The molecule has 3 aliphatic rings. The average molecular weight is 535 g/mol. The van der Waals surface area contributed by atoms with Crippen LogP contribution in [0.5, 0.6) is 0 Å². The summed E-state index contributed by atoms with van der Waals surface area (Å²) in [6.45, 7) is 4.33. The van der Waals surface area contributed by atoms with Gasteiger partial charge >= 0.3 is 0 Å². The number of anilines is 4. The van der Waals surface area contributed by atoms with Crippen molar-refractivity contribution in [2.45, 2.75) is 51.6 Å². The molecule has 0 atom stereocenters. The molecule has 1 amide bonds. The normalized spacial score (nSPS) is 19.6. The van der Waals surface area contributed by atoms with Crippen LogP contribution in [0.15, 0.2) is 24.3 Å². The second-order valence-electron chi connectivity index (χ2n) is 10.4. The van der Waals surface area contributed by atoms with Gasteiger partial charge in [-0.3, -0.25) is 9.52 Å². The van der Waals surface area contributed by atoms with Crippen molar-refractivity contribution in [2.75, 3.05) is 52.0 Å². The molecule has 1 spiro atoms. The van der Waals surface area contributed by atoms with Gasteiger partial charge < -0.3 is 15.1 Å². The number of aromatic nitrogens is 2. The zero-order valence-electron chi connectivity index (χ0n) is 20.8. The van der Waals surface area contributed by atoms with E-state index in [-0.39, 0.29) is 5.69 Å². The number of alkyl halides is 2. The van der Waals surface area contributed by atoms with Crippen LogP contribution in [0.4, 0.5) is 31.9 Å². The smallest absolute Gasteiger partial charge is 0.262 e. The topological polar surface area (TPSA) is 108 Å². The molecule has 2 aromatic rings. The van der Waals surface area contributed by atoms with Crippen molar-refractivity contribution >= 4 is 39.1 Å². The fourth-order valence-electron chi connectivity index (χ4n) is 5.14. The first-order valence-electron chi connectivity index (χ1n) is 12.7. The molecule has 2 aliphatic heterocycles. The van der Waals surface area contributed by atoms with Gasteiger partial charge in [-0.15, -0.1) is 0 Å². The molecule has 9 nitrogen and oxygen atoms in total. The molecule has 200 valence electrons. The van der Waals surface area contributed by atoms with Crippen molar-refractivity contribution < 1.29 is 22.0 Å². The van der Waals surface area contributed by atoms with Gasteiger partial charge in [0.15, 0.2) is 0 Å². The van der Waals surface area contributed by atoms with Crippen molar-refractivity contribution in [1.82, 2.24) is 9.97 Å². The van der Waals surface area contributed by atoms with Crippen LogP contribution in [-0.4, -0.2) is 62.7 Å². The zero-order chi connectivity index (χ0) is 26.2. The zero-order valence-corrected chi connectivity index (χ0v) is 21.7. The Morgan fingerprint density at radius 3 is 2.41 bits per heavy atom. The maximum absolute atomic E-state index is 13.6. The molecule has 0 radical (unpaired) electrons. The Bertz CT molecular complexity index is 1270. The fourth-order valence-corrected chi connectivity index (χ4v) is 5.68. The molecular weight excluding hydrogens is 502 g/mol. The summed E-state index contributed by atoms with van der Waals surface area (Å²) < 4.78 is 52.3. The Labute approximate surface area is 215 Å². The van der Waals surface area contributed by atoms with Crippen LogP contribution >= 0.6 is 0 Å². The molecule has 3 heterocycles. The van der Waals surface area contributed by atoms with Crippen molar-refractivity contribution in [2.24, 2.45) is 5.41 Å². The number of rotatable bonds is 7. The highest BCUT2D eigenvalue weighted by atomic mass is 32.2. The van der Waals surface area contributed by atoms with Crippen LogP contribution in [0, 0.1) is 12.3 Å². The number of hydrogen-bond acceptors (Lipinski definition) is 7. The maximum Gasteiger partial charge on any atom is 0.262 e. The summed E-state index contributed by atoms with van der Waals surface area (Å²) >= 11 is 0. The molecule has 3 fully saturated rings. The Kier molecular flexibility index (Phi) is 6.95. The molecule has 1 saturated carbocycles. The average Bonchev–Trinajstić information content (AvgIpc) is 3.63. The number of amides is 1. The molecule has 37 heavy (non-hydrogen) atoms. The first kappa shape index (κ1) is 25.6. The van der Waals surface area contributed by atoms with E-state index in [9.17, 15) is 22.0 Å². The first-order chi connectivity index (χ1) is 17.7. The van der Waals surface area contributed by atoms with E-state index >= 15 is 0 Å². The van der Waals surface area contributed by atoms with E-state index in [0.29, 0.717) is 60.1 Å². The Hall–Kier alpha value is -3.02. The summed E-state index contributed by atoms with van der Waals surface area (Å²) in [4.78, 5) is 26.4. The van der Waals surface area contributed by atoms with E-state index in [4.69, 9.17) is 0 Å². The number of carbonyl (C=O) groups is 1. The van der Waals surface area contributed by atoms with Crippen LogP contribution in [0.1, 0.15) is 54.6 Å². The standard InChI is InChI=1S/C25H32F2N6O3S/c1-17-14-22(30-24(28-17)33-10-4-18(27)5-11-33)29-23(34)20-3-2-19(31-37(35,36)16-26)15-21(20)32-12-8-25(6-7-25)9-13-32/h2-3,14-15,18,31H,4-13,16H2,1H3,(H,28,29,30,34). The van der Waals surface area contributed by atoms with Gasteiger partial charge in [0.25, 0.3) is 15.9 Å². The highest BCUT2D eigenvalue weighted by Crippen LogP contribution is 2.54. The SMILES string of the molecule is Cc1cc(NC(=O)c2ccc(NS(=O)(=O)CF)cc2N2CCC3(CC2)CC3)nc(N2CCC(F)CC2)n1. The van der Waals surface area contributed by atoms with E-state index in [0.717, 1.165) is 25.9 Å². The third kappa shape index (κ3) is 5.94. The van der Waals surface area contributed by atoms with Gasteiger partial charge in [0.1, 0.15) is 12.0 Å². The van der Waals surface area contributed by atoms with Gasteiger partial charge in [0, 0.05) is 37.9 Å². The summed E-state index contributed by atoms with van der Waals surface area (Å²) in [5.74, 6) is 0.385. The highest BCUT2D eigenvalue weighted by Gasteiger charge is 2.44. The Morgan fingerprint density at radius 2 is 1.76 bits per heavy atom. The lowest BCUT2D eigenvalue weighted by molar-refractivity contribution is 0.102. The molecule has 0 bridgehead atoms. The second-order valence-corrected chi connectivity index (χ2v) is 12.0. The number of halogens is 2. The van der Waals surface area contributed by atoms with Crippen LogP contribution in [-0.2, 0) is 10.0 Å². The molecule has 2 N–H and O–H groups in total.